The number of Topliss-reactive ketones (excluding diaryl/α,β-unsaturated/α-hetero) is 1. The van der Waals surface area contributed by atoms with Gasteiger partial charge in [-0.05, 0) is 23.6 Å². The standard InChI is InChI=1S/C12H12BrClO4/c1-6(15)10(14)8-2-7(5-13)3-9(4-8)11(16)12(17)18/h2-4,10-11,16H,5H2,1H3,(H,17,18). The van der Waals surface area contributed by atoms with Crippen molar-refractivity contribution in [1.29, 1.82) is 0 Å². The first-order chi connectivity index (χ1) is 8.36. The summed E-state index contributed by atoms with van der Waals surface area (Å²) in [6.45, 7) is 1.35. The molecule has 0 aromatic heterocycles. The third-order valence-corrected chi connectivity index (χ3v) is 3.60. The van der Waals surface area contributed by atoms with Gasteiger partial charge in [-0.2, -0.15) is 0 Å². The number of carboxylic acid groups (broad SMARTS) is 1. The summed E-state index contributed by atoms with van der Waals surface area (Å²) in [7, 11) is 0. The fourth-order valence-electron chi connectivity index (χ4n) is 1.50. The molecule has 0 fully saturated rings. The number of ketones is 1. The number of halogens is 2. The van der Waals surface area contributed by atoms with Gasteiger partial charge in [0.25, 0.3) is 0 Å². The van der Waals surface area contributed by atoms with Gasteiger partial charge < -0.3 is 10.2 Å². The van der Waals surface area contributed by atoms with E-state index in [-0.39, 0.29) is 11.3 Å². The Labute approximate surface area is 118 Å². The van der Waals surface area contributed by atoms with Gasteiger partial charge in [-0.3, -0.25) is 4.79 Å². The van der Waals surface area contributed by atoms with Gasteiger partial charge in [0, 0.05) is 5.33 Å². The molecule has 0 saturated carbocycles. The van der Waals surface area contributed by atoms with Gasteiger partial charge in [0.05, 0.1) is 0 Å². The molecule has 0 heterocycles. The van der Waals surface area contributed by atoms with Crippen LogP contribution in [-0.4, -0.2) is 22.0 Å². The molecule has 0 aliphatic rings. The second kappa shape index (κ2) is 6.31. The molecule has 0 amide bonds. The minimum absolute atomic E-state index is 0.210. The smallest absolute Gasteiger partial charge is 0.337 e. The molecule has 0 spiro atoms. The Morgan fingerprint density at radius 2 is 1.89 bits per heavy atom. The van der Waals surface area contributed by atoms with E-state index in [1.54, 1.807) is 12.1 Å². The van der Waals surface area contributed by atoms with Gasteiger partial charge in [-0.25, -0.2) is 4.79 Å². The lowest BCUT2D eigenvalue weighted by Gasteiger charge is -2.13. The lowest BCUT2D eigenvalue weighted by atomic mass is 9.99. The summed E-state index contributed by atoms with van der Waals surface area (Å²) >= 11 is 9.17. The summed E-state index contributed by atoms with van der Waals surface area (Å²) in [5.41, 5.74) is 1.44. The molecule has 2 atom stereocenters. The van der Waals surface area contributed by atoms with Gasteiger partial charge in [0.2, 0.25) is 0 Å². The molecule has 6 heteroatoms. The third kappa shape index (κ3) is 3.54. The number of carbonyl (C=O) groups is 2. The van der Waals surface area contributed by atoms with Crippen LogP contribution in [0, 0.1) is 0 Å². The average Bonchev–Trinajstić information content (AvgIpc) is 2.35. The summed E-state index contributed by atoms with van der Waals surface area (Å²) < 4.78 is 0. The van der Waals surface area contributed by atoms with Gasteiger partial charge in [-0.1, -0.05) is 34.1 Å². The van der Waals surface area contributed by atoms with Crippen LogP contribution < -0.4 is 0 Å². The number of carbonyl (C=O) groups excluding carboxylic acids is 1. The first kappa shape index (κ1) is 15.1. The number of aliphatic hydroxyl groups is 1. The molecular weight excluding hydrogens is 323 g/mol. The first-order valence-corrected chi connectivity index (χ1v) is 6.67. The first-order valence-electron chi connectivity index (χ1n) is 5.12. The second-order valence-corrected chi connectivity index (χ2v) is 4.85. The topological polar surface area (TPSA) is 74.6 Å². The highest BCUT2D eigenvalue weighted by Crippen LogP contribution is 2.27. The SMILES string of the molecule is CC(=O)C(Cl)c1cc(CBr)cc(C(O)C(=O)O)c1. The molecule has 0 aliphatic heterocycles. The zero-order valence-electron chi connectivity index (χ0n) is 9.56. The van der Waals surface area contributed by atoms with Gasteiger partial charge in [-0.15, -0.1) is 11.6 Å². The molecule has 2 N–H and O–H groups in total. The van der Waals surface area contributed by atoms with E-state index in [1.165, 1.54) is 13.0 Å². The largest absolute Gasteiger partial charge is 0.479 e. The van der Waals surface area contributed by atoms with Crippen molar-refractivity contribution < 1.29 is 19.8 Å². The number of rotatable bonds is 5. The maximum Gasteiger partial charge on any atom is 0.337 e. The van der Waals surface area contributed by atoms with Gasteiger partial charge >= 0.3 is 5.97 Å². The maximum absolute atomic E-state index is 11.2. The lowest BCUT2D eigenvalue weighted by molar-refractivity contribution is -0.146. The van der Waals surface area contributed by atoms with Crippen molar-refractivity contribution in [2.45, 2.75) is 23.7 Å². The highest BCUT2D eigenvalue weighted by molar-refractivity contribution is 9.08. The average molecular weight is 336 g/mol. The van der Waals surface area contributed by atoms with Crippen molar-refractivity contribution in [3.05, 3.63) is 34.9 Å². The lowest BCUT2D eigenvalue weighted by Crippen LogP contribution is -2.12. The van der Waals surface area contributed by atoms with E-state index in [9.17, 15) is 14.7 Å². The molecule has 1 aromatic carbocycles. The van der Waals surface area contributed by atoms with Gasteiger partial charge in [0.1, 0.15) is 5.38 Å². The van der Waals surface area contributed by atoms with Crippen LogP contribution in [0.25, 0.3) is 0 Å². The van der Waals surface area contributed by atoms with Crippen molar-refractivity contribution in [3.63, 3.8) is 0 Å². The minimum Gasteiger partial charge on any atom is -0.479 e. The monoisotopic (exact) mass is 334 g/mol. The fourth-order valence-corrected chi connectivity index (χ4v) is 1.95. The summed E-state index contributed by atoms with van der Waals surface area (Å²) in [6.07, 6.45) is -1.63. The third-order valence-electron chi connectivity index (χ3n) is 2.39. The zero-order valence-corrected chi connectivity index (χ0v) is 11.9. The van der Waals surface area contributed by atoms with Crippen LogP contribution >= 0.6 is 27.5 Å². The Hall–Kier alpha value is -0.910. The van der Waals surface area contributed by atoms with Crippen LogP contribution in [0.15, 0.2) is 18.2 Å². The maximum atomic E-state index is 11.2. The summed E-state index contributed by atoms with van der Waals surface area (Å²) in [6, 6.07) is 4.69. The van der Waals surface area contributed by atoms with Crippen LogP contribution in [0.5, 0.6) is 0 Å². The van der Waals surface area contributed by atoms with Gasteiger partial charge in [0.15, 0.2) is 11.9 Å². The van der Waals surface area contributed by atoms with Crippen LogP contribution in [0.3, 0.4) is 0 Å². The highest BCUT2D eigenvalue weighted by atomic mass is 79.9. The molecule has 2 unspecified atom stereocenters. The predicted octanol–water partition coefficient (Wildman–Crippen LogP) is 2.57. The van der Waals surface area contributed by atoms with E-state index in [0.29, 0.717) is 10.9 Å². The normalized spacial score (nSPS) is 14.0. The van der Waals surface area contributed by atoms with Crippen molar-refractivity contribution in [1.82, 2.24) is 0 Å². The van der Waals surface area contributed by atoms with Crippen LogP contribution in [-0.2, 0) is 14.9 Å². The van der Waals surface area contributed by atoms with Crippen LogP contribution in [0.4, 0.5) is 0 Å². The number of hydrogen-bond donors (Lipinski definition) is 2. The molecule has 0 saturated heterocycles. The summed E-state index contributed by atoms with van der Waals surface area (Å²) in [5, 5.41) is 17.9. The number of alkyl halides is 2. The molecule has 18 heavy (non-hydrogen) atoms. The Morgan fingerprint density at radius 3 is 2.33 bits per heavy atom. The van der Waals surface area contributed by atoms with E-state index in [4.69, 9.17) is 16.7 Å². The molecule has 1 aromatic rings. The van der Waals surface area contributed by atoms with E-state index in [1.807, 2.05) is 0 Å². The molecule has 0 bridgehead atoms. The van der Waals surface area contributed by atoms with Crippen LogP contribution in [0.1, 0.15) is 35.1 Å². The molecule has 98 valence electrons. The van der Waals surface area contributed by atoms with Crippen molar-refractivity contribution in [2.75, 3.05) is 0 Å². The number of aliphatic carboxylic acids is 1. The zero-order chi connectivity index (χ0) is 13.9. The Kier molecular flexibility index (Phi) is 5.31. The Morgan fingerprint density at radius 1 is 1.33 bits per heavy atom. The molecule has 0 aliphatic carbocycles. The summed E-state index contributed by atoms with van der Waals surface area (Å²) in [4.78, 5) is 22.0. The molecular formula is C12H12BrClO4. The van der Waals surface area contributed by atoms with Crippen molar-refractivity contribution in [3.8, 4) is 0 Å². The number of benzene rings is 1. The quantitative estimate of drug-likeness (QED) is 0.811. The number of aliphatic hydroxyl groups excluding tert-OH is 1. The molecule has 0 radical (unpaired) electrons. The second-order valence-electron chi connectivity index (χ2n) is 3.86. The fraction of sp³-hybridized carbons (Fsp3) is 0.333. The number of hydrogen-bond acceptors (Lipinski definition) is 3. The summed E-state index contributed by atoms with van der Waals surface area (Å²) in [5.74, 6) is -1.58. The van der Waals surface area contributed by atoms with E-state index < -0.39 is 17.5 Å². The molecule has 1 rings (SSSR count). The number of carboxylic acids is 1. The van der Waals surface area contributed by atoms with E-state index in [2.05, 4.69) is 15.9 Å². The van der Waals surface area contributed by atoms with Crippen molar-refractivity contribution in [2.24, 2.45) is 0 Å². The minimum atomic E-state index is -1.63. The van der Waals surface area contributed by atoms with E-state index >= 15 is 0 Å². The molecule has 4 nitrogen and oxygen atoms in total. The highest BCUT2D eigenvalue weighted by Gasteiger charge is 2.20. The van der Waals surface area contributed by atoms with Crippen molar-refractivity contribution >= 4 is 39.3 Å². The Bertz CT molecular complexity index is 437. The Balaban J connectivity index is 3.25. The van der Waals surface area contributed by atoms with Crippen LogP contribution in [0.2, 0.25) is 0 Å². The predicted molar refractivity (Wildman–Crippen MR) is 70.9 cm³/mol. The van der Waals surface area contributed by atoms with E-state index in [0.717, 1.165) is 5.56 Å².